The van der Waals surface area contributed by atoms with Gasteiger partial charge < -0.3 is 14.5 Å². The van der Waals surface area contributed by atoms with Crippen molar-refractivity contribution >= 4 is 17.0 Å². The number of benzene rings is 1. The van der Waals surface area contributed by atoms with E-state index in [-0.39, 0.29) is 34.9 Å². The molecule has 0 amide bonds. The number of aromatic amines is 1. The predicted molar refractivity (Wildman–Crippen MR) is 79.1 cm³/mol. The molecule has 3 rings (SSSR count). The highest BCUT2D eigenvalue weighted by atomic mass is 19.2. The molecule has 124 valence electrons. The molecule has 0 bridgehead atoms. The Morgan fingerprint density at radius 1 is 1.29 bits per heavy atom. The van der Waals surface area contributed by atoms with Crippen LogP contribution in [0.3, 0.4) is 0 Å². The van der Waals surface area contributed by atoms with Crippen LogP contribution in [0.4, 0.5) is 8.78 Å². The number of aryl methyl sites for hydroxylation is 2. The first-order chi connectivity index (χ1) is 11.5. The number of fused-ring (bicyclic) bond motifs is 1. The van der Waals surface area contributed by atoms with Crippen LogP contribution in [0.2, 0.25) is 0 Å². The number of nitrogens with one attached hydrogen (secondary N) is 1. The Morgan fingerprint density at radius 3 is 2.83 bits per heavy atom. The summed E-state index contributed by atoms with van der Waals surface area (Å²) in [5, 5.41) is 17.6. The lowest BCUT2D eigenvalue weighted by molar-refractivity contribution is -0.306. The first kappa shape index (κ1) is 15.9. The molecule has 0 aliphatic rings. The zero-order valence-corrected chi connectivity index (χ0v) is 12.4. The molecule has 0 fully saturated rings. The van der Waals surface area contributed by atoms with Crippen molar-refractivity contribution in [1.82, 2.24) is 14.8 Å². The van der Waals surface area contributed by atoms with Crippen LogP contribution in [0.1, 0.15) is 11.3 Å². The van der Waals surface area contributed by atoms with Gasteiger partial charge in [0.2, 0.25) is 0 Å². The van der Waals surface area contributed by atoms with Gasteiger partial charge in [-0.25, -0.2) is 8.78 Å². The number of pyridine rings is 1. The Labute approximate surface area is 134 Å². The summed E-state index contributed by atoms with van der Waals surface area (Å²) in [5.41, 5.74) is 0.432. The van der Waals surface area contributed by atoms with Crippen molar-refractivity contribution in [3.05, 3.63) is 63.6 Å². The number of hydrogen-bond acceptors (Lipinski definition) is 4. The molecule has 0 spiro atoms. The Bertz CT molecular complexity index is 978. The largest absolute Gasteiger partial charge is 0.548 e. The minimum Gasteiger partial charge on any atom is -0.548 e. The van der Waals surface area contributed by atoms with E-state index in [1.54, 1.807) is 0 Å². The molecular formula is C16H12F2N3O3-. The van der Waals surface area contributed by atoms with Crippen molar-refractivity contribution in [2.45, 2.75) is 19.4 Å². The van der Waals surface area contributed by atoms with E-state index < -0.39 is 24.1 Å². The molecule has 0 radical (unpaired) electrons. The Morgan fingerprint density at radius 2 is 2.08 bits per heavy atom. The third-order valence-electron chi connectivity index (χ3n) is 3.77. The maximum atomic E-state index is 13.7. The monoisotopic (exact) mass is 332 g/mol. The maximum Gasteiger partial charge on any atom is 0.192 e. The van der Waals surface area contributed by atoms with Crippen molar-refractivity contribution in [1.29, 1.82) is 0 Å². The van der Waals surface area contributed by atoms with Gasteiger partial charge in [0, 0.05) is 11.8 Å². The van der Waals surface area contributed by atoms with E-state index in [0.717, 1.165) is 6.07 Å². The molecule has 0 aliphatic heterocycles. The minimum absolute atomic E-state index is 0.107. The summed E-state index contributed by atoms with van der Waals surface area (Å²) in [6, 6.07) is 5.12. The quantitative estimate of drug-likeness (QED) is 0.738. The van der Waals surface area contributed by atoms with Gasteiger partial charge in [-0.05, 0) is 24.5 Å². The van der Waals surface area contributed by atoms with Gasteiger partial charge in [0.1, 0.15) is 5.65 Å². The SMILES string of the molecule is O=C([O-])Cn1c(CCc2cccc(F)c2F)cc(=O)c2cn[nH]c21. The summed E-state index contributed by atoms with van der Waals surface area (Å²) < 4.78 is 28.3. The smallest absolute Gasteiger partial charge is 0.192 e. The molecular weight excluding hydrogens is 320 g/mol. The van der Waals surface area contributed by atoms with Crippen LogP contribution < -0.4 is 10.5 Å². The van der Waals surface area contributed by atoms with E-state index in [1.165, 1.54) is 29.0 Å². The molecule has 1 N–H and O–H groups in total. The van der Waals surface area contributed by atoms with Crippen LogP contribution in [0.25, 0.3) is 11.0 Å². The lowest BCUT2D eigenvalue weighted by Gasteiger charge is -2.15. The van der Waals surface area contributed by atoms with E-state index in [1.807, 2.05) is 0 Å². The first-order valence-corrected chi connectivity index (χ1v) is 7.16. The molecule has 3 aromatic rings. The number of halogens is 2. The number of carboxylic acid groups (broad SMARTS) is 1. The average Bonchev–Trinajstić information content (AvgIpc) is 3.02. The molecule has 2 heterocycles. The fourth-order valence-electron chi connectivity index (χ4n) is 2.64. The van der Waals surface area contributed by atoms with Crippen molar-refractivity contribution < 1.29 is 18.7 Å². The minimum atomic E-state index is -1.34. The van der Waals surface area contributed by atoms with Gasteiger partial charge in [-0.3, -0.25) is 9.89 Å². The van der Waals surface area contributed by atoms with E-state index in [2.05, 4.69) is 10.2 Å². The highest BCUT2D eigenvalue weighted by molar-refractivity contribution is 5.76. The molecule has 0 atom stereocenters. The molecule has 0 unspecified atom stereocenters. The van der Waals surface area contributed by atoms with Crippen molar-refractivity contribution in [2.75, 3.05) is 0 Å². The van der Waals surface area contributed by atoms with Crippen LogP contribution in [0.15, 0.2) is 35.3 Å². The number of carbonyl (C=O) groups excluding carboxylic acids is 1. The van der Waals surface area contributed by atoms with Gasteiger partial charge in [-0.1, -0.05) is 12.1 Å². The summed E-state index contributed by atoms with van der Waals surface area (Å²) in [7, 11) is 0. The Kier molecular flexibility index (Phi) is 4.11. The summed E-state index contributed by atoms with van der Waals surface area (Å²) in [4.78, 5) is 23.1. The number of carbonyl (C=O) groups is 1. The normalized spacial score (nSPS) is 11.1. The van der Waals surface area contributed by atoms with Crippen molar-refractivity contribution in [3.63, 3.8) is 0 Å². The third kappa shape index (κ3) is 2.90. The summed E-state index contributed by atoms with van der Waals surface area (Å²) in [6.07, 6.45) is 1.56. The lowest BCUT2D eigenvalue weighted by Crippen LogP contribution is -2.30. The van der Waals surface area contributed by atoms with Gasteiger partial charge in [-0.15, -0.1) is 0 Å². The number of nitrogens with zero attached hydrogens (tertiary/aromatic N) is 2. The summed E-state index contributed by atoms with van der Waals surface area (Å²) >= 11 is 0. The molecule has 0 aliphatic carbocycles. The van der Waals surface area contributed by atoms with Crippen LogP contribution in [-0.4, -0.2) is 20.7 Å². The van der Waals surface area contributed by atoms with Gasteiger partial charge in [-0.2, -0.15) is 5.10 Å². The first-order valence-electron chi connectivity index (χ1n) is 7.16. The standard InChI is InChI=1S/C16H13F2N3O3/c17-12-3-1-2-9(15(12)18)4-5-10-6-13(22)11-7-19-20-16(11)21(10)8-14(23)24/h1-3,6-7H,4-5,8H2,(H,19,20)(H,23,24)/p-1. The predicted octanol–water partition coefficient (Wildman–Crippen LogP) is 0.538. The highest BCUT2D eigenvalue weighted by Gasteiger charge is 2.13. The molecule has 8 heteroatoms. The molecule has 2 aromatic heterocycles. The molecule has 24 heavy (non-hydrogen) atoms. The van der Waals surface area contributed by atoms with Gasteiger partial charge >= 0.3 is 0 Å². The maximum absolute atomic E-state index is 13.7. The van der Waals surface area contributed by atoms with E-state index in [9.17, 15) is 23.5 Å². The fraction of sp³-hybridized carbons (Fsp3) is 0.188. The average molecular weight is 332 g/mol. The number of carboxylic acids is 1. The van der Waals surface area contributed by atoms with Gasteiger partial charge in [0.05, 0.1) is 24.1 Å². The van der Waals surface area contributed by atoms with Gasteiger partial charge in [0.15, 0.2) is 17.1 Å². The Hall–Kier alpha value is -3.03. The van der Waals surface area contributed by atoms with E-state index >= 15 is 0 Å². The number of H-pyrrole nitrogens is 1. The lowest BCUT2D eigenvalue weighted by atomic mass is 10.1. The number of aliphatic carboxylic acids is 1. The van der Waals surface area contributed by atoms with Crippen LogP contribution in [-0.2, 0) is 24.2 Å². The highest BCUT2D eigenvalue weighted by Crippen LogP contribution is 2.16. The molecule has 0 saturated heterocycles. The van der Waals surface area contributed by atoms with Gasteiger partial charge in [0.25, 0.3) is 0 Å². The zero-order chi connectivity index (χ0) is 17.3. The zero-order valence-electron chi connectivity index (χ0n) is 12.4. The third-order valence-corrected chi connectivity index (χ3v) is 3.77. The van der Waals surface area contributed by atoms with Crippen LogP contribution in [0, 0.1) is 11.6 Å². The summed E-state index contributed by atoms with van der Waals surface area (Å²) in [6.45, 7) is -0.486. The molecule has 0 saturated carbocycles. The van der Waals surface area contributed by atoms with Crippen LogP contribution in [0.5, 0.6) is 0 Å². The number of rotatable bonds is 5. The number of hydrogen-bond donors (Lipinski definition) is 1. The van der Waals surface area contributed by atoms with Crippen LogP contribution >= 0.6 is 0 Å². The van der Waals surface area contributed by atoms with E-state index in [0.29, 0.717) is 5.69 Å². The van der Waals surface area contributed by atoms with E-state index in [4.69, 9.17) is 0 Å². The second-order valence-electron chi connectivity index (χ2n) is 5.30. The molecule has 6 nitrogen and oxygen atoms in total. The van der Waals surface area contributed by atoms with Crippen molar-refractivity contribution in [2.24, 2.45) is 0 Å². The number of aromatic nitrogens is 3. The van der Waals surface area contributed by atoms with Crippen molar-refractivity contribution in [3.8, 4) is 0 Å². The second kappa shape index (κ2) is 6.23. The second-order valence-corrected chi connectivity index (χ2v) is 5.30. The summed E-state index contributed by atoms with van der Waals surface area (Å²) in [5.74, 6) is -3.25. The fourth-order valence-corrected chi connectivity index (χ4v) is 2.64. The topological polar surface area (TPSA) is 90.8 Å². The molecule has 1 aromatic carbocycles. The Balaban J connectivity index is 2.00.